The van der Waals surface area contributed by atoms with Crippen molar-refractivity contribution in [2.24, 2.45) is 0 Å². The average molecular weight is 444 g/mol. The molecule has 0 saturated heterocycles. The Morgan fingerprint density at radius 3 is 2.76 bits per heavy atom. The van der Waals surface area contributed by atoms with E-state index in [9.17, 15) is 0 Å². The third-order valence-corrected chi connectivity index (χ3v) is 6.17. The summed E-state index contributed by atoms with van der Waals surface area (Å²) in [5.41, 5.74) is 4.24. The zero-order valence-electron chi connectivity index (χ0n) is 15.9. The lowest BCUT2D eigenvalue weighted by atomic mass is 10.1. The van der Waals surface area contributed by atoms with Crippen molar-refractivity contribution in [1.29, 1.82) is 0 Å². The minimum Gasteiger partial charge on any atom is -0.484 e. The van der Waals surface area contributed by atoms with Crippen LogP contribution in [0.4, 0.5) is 0 Å². The van der Waals surface area contributed by atoms with Gasteiger partial charge in [-0.05, 0) is 43.2 Å². The number of hydrogen-bond acceptors (Lipinski definition) is 7. The highest BCUT2D eigenvalue weighted by molar-refractivity contribution is 7.98. The van der Waals surface area contributed by atoms with Gasteiger partial charge in [-0.25, -0.2) is 4.98 Å². The first-order chi connectivity index (χ1) is 14.1. The molecule has 4 rings (SSSR count). The van der Waals surface area contributed by atoms with Crippen LogP contribution in [0, 0.1) is 13.8 Å². The van der Waals surface area contributed by atoms with Gasteiger partial charge in [0.25, 0.3) is 11.1 Å². The molecular weight excluding hydrogens is 426 g/mol. The number of aryl methyl sites for hydroxylation is 2. The summed E-state index contributed by atoms with van der Waals surface area (Å²) in [6.07, 6.45) is 0. The van der Waals surface area contributed by atoms with Crippen LogP contribution in [0.15, 0.2) is 57.5 Å². The number of hydrogen-bond donors (Lipinski definition) is 0. The summed E-state index contributed by atoms with van der Waals surface area (Å²) in [6, 6.07) is 13.8. The molecule has 2 aromatic carbocycles. The number of aromatic nitrogens is 3. The van der Waals surface area contributed by atoms with Crippen LogP contribution in [-0.4, -0.2) is 15.2 Å². The van der Waals surface area contributed by atoms with E-state index in [0.717, 1.165) is 38.2 Å². The highest BCUT2D eigenvalue weighted by Crippen LogP contribution is 2.28. The second kappa shape index (κ2) is 8.98. The van der Waals surface area contributed by atoms with Crippen LogP contribution in [0.5, 0.6) is 5.75 Å². The molecule has 0 atom stereocenters. The summed E-state index contributed by atoms with van der Waals surface area (Å²) in [4.78, 5) is 4.67. The molecule has 0 radical (unpaired) electrons. The van der Waals surface area contributed by atoms with Crippen molar-refractivity contribution < 1.29 is 9.15 Å². The van der Waals surface area contributed by atoms with Crippen LogP contribution in [0.25, 0.3) is 10.6 Å². The van der Waals surface area contributed by atoms with Gasteiger partial charge in [0.1, 0.15) is 10.8 Å². The lowest BCUT2D eigenvalue weighted by Gasteiger charge is -2.07. The maximum absolute atomic E-state index is 5.94. The van der Waals surface area contributed by atoms with Gasteiger partial charge in [0.2, 0.25) is 0 Å². The van der Waals surface area contributed by atoms with Gasteiger partial charge in [-0.1, -0.05) is 47.6 Å². The molecule has 0 amide bonds. The zero-order valence-corrected chi connectivity index (χ0v) is 18.3. The first-order valence-electron chi connectivity index (χ1n) is 8.92. The van der Waals surface area contributed by atoms with Crippen molar-refractivity contribution in [3.63, 3.8) is 0 Å². The Morgan fingerprint density at radius 1 is 1.10 bits per heavy atom. The van der Waals surface area contributed by atoms with E-state index in [-0.39, 0.29) is 6.61 Å². The second-order valence-corrected chi connectivity index (χ2v) is 8.68. The fourth-order valence-electron chi connectivity index (χ4n) is 2.59. The molecule has 0 bridgehead atoms. The number of ether oxygens (including phenoxy) is 1. The van der Waals surface area contributed by atoms with E-state index >= 15 is 0 Å². The highest BCUT2D eigenvalue weighted by atomic mass is 35.5. The molecular formula is C21H18ClN3O2S2. The molecule has 2 heterocycles. The summed E-state index contributed by atoms with van der Waals surface area (Å²) >= 11 is 9.01. The highest BCUT2D eigenvalue weighted by Gasteiger charge is 2.11. The first kappa shape index (κ1) is 19.9. The number of nitrogens with zero attached hydrogens (tertiary/aromatic N) is 3. The molecule has 0 saturated carbocycles. The fraction of sp³-hybridized carbons (Fsp3) is 0.190. The Labute approximate surface area is 182 Å². The second-order valence-electron chi connectivity index (χ2n) is 6.46. The molecule has 0 spiro atoms. The van der Waals surface area contributed by atoms with Gasteiger partial charge in [-0.15, -0.1) is 21.5 Å². The summed E-state index contributed by atoms with van der Waals surface area (Å²) in [7, 11) is 0. The van der Waals surface area contributed by atoms with Crippen molar-refractivity contribution in [1.82, 2.24) is 15.2 Å². The number of benzene rings is 2. The Kier molecular flexibility index (Phi) is 6.18. The predicted molar refractivity (Wildman–Crippen MR) is 117 cm³/mol. The minimum absolute atomic E-state index is 0.245. The average Bonchev–Trinajstić information content (AvgIpc) is 3.37. The van der Waals surface area contributed by atoms with E-state index in [2.05, 4.69) is 21.2 Å². The summed E-state index contributed by atoms with van der Waals surface area (Å²) in [5, 5.41) is 12.4. The first-order valence-corrected chi connectivity index (χ1v) is 11.2. The van der Waals surface area contributed by atoms with Crippen LogP contribution in [0.3, 0.4) is 0 Å². The molecule has 0 aliphatic rings. The van der Waals surface area contributed by atoms with E-state index in [0.29, 0.717) is 16.9 Å². The number of thioether (sulfide) groups is 1. The number of rotatable bonds is 7. The third-order valence-electron chi connectivity index (χ3n) is 4.13. The third kappa shape index (κ3) is 5.18. The lowest BCUT2D eigenvalue weighted by Crippen LogP contribution is -1.97. The summed E-state index contributed by atoms with van der Waals surface area (Å²) in [6.45, 7) is 4.29. The molecule has 2 aromatic heterocycles. The van der Waals surface area contributed by atoms with Gasteiger partial charge in [0.15, 0.2) is 6.61 Å². The Balaban J connectivity index is 1.33. The van der Waals surface area contributed by atoms with Crippen LogP contribution in [-0.2, 0) is 12.4 Å². The van der Waals surface area contributed by atoms with Gasteiger partial charge in [-0.3, -0.25) is 0 Å². The summed E-state index contributed by atoms with van der Waals surface area (Å²) < 4.78 is 11.5. The van der Waals surface area contributed by atoms with Crippen LogP contribution >= 0.6 is 34.7 Å². The van der Waals surface area contributed by atoms with Crippen molar-refractivity contribution in [2.75, 3.05) is 0 Å². The molecule has 4 aromatic rings. The van der Waals surface area contributed by atoms with E-state index in [1.54, 1.807) is 11.3 Å². The largest absolute Gasteiger partial charge is 0.484 e. The van der Waals surface area contributed by atoms with Crippen molar-refractivity contribution in [3.05, 3.63) is 75.6 Å². The van der Waals surface area contributed by atoms with Gasteiger partial charge in [-0.2, -0.15) is 0 Å². The van der Waals surface area contributed by atoms with Crippen LogP contribution < -0.4 is 4.74 Å². The van der Waals surface area contributed by atoms with E-state index < -0.39 is 0 Å². The molecule has 0 fully saturated rings. The molecule has 29 heavy (non-hydrogen) atoms. The van der Waals surface area contributed by atoms with Crippen molar-refractivity contribution in [2.45, 2.75) is 31.4 Å². The molecule has 5 nitrogen and oxygen atoms in total. The van der Waals surface area contributed by atoms with E-state index in [1.807, 2.05) is 55.6 Å². The van der Waals surface area contributed by atoms with Crippen LogP contribution in [0.1, 0.15) is 22.7 Å². The van der Waals surface area contributed by atoms with Crippen LogP contribution in [0.2, 0.25) is 5.02 Å². The van der Waals surface area contributed by atoms with E-state index in [1.165, 1.54) is 11.8 Å². The lowest BCUT2D eigenvalue weighted by molar-refractivity contribution is 0.250. The quantitative estimate of drug-likeness (QED) is 0.311. The number of thiazole rings is 1. The Morgan fingerprint density at radius 2 is 1.93 bits per heavy atom. The standard InChI is InChI=1S/C21H18ClN3O2S2/c1-13-3-4-14(2)18(9-13)26-10-19-24-25-21(27-19)29-12-17-11-28-20(23-17)15-5-7-16(22)8-6-15/h3-9,11H,10,12H2,1-2H3. The molecule has 8 heteroatoms. The Bertz CT molecular complexity index is 1110. The maximum atomic E-state index is 5.94. The summed E-state index contributed by atoms with van der Waals surface area (Å²) in [5.74, 6) is 1.94. The van der Waals surface area contributed by atoms with Gasteiger partial charge in [0.05, 0.1) is 5.69 Å². The van der Waals surface area contributed by atoms with E-state index in [4.69, 9.17) is 20.8 Å². The van der Waals surface area contributed by atoms with Gasteiger partial charge in [0, 0.05) is 21.7 Å². The molecule has 0 aliphatic heterocycles. The maximum Gasteiger partial charge on any atom is 0.277 e. The monoisotopic (exact) mass is 443 g/mol. The number of halogens is 1. The Hall–Kier alpha value is -2.35. The fourth-order valence-corrected chi connectivity index (χ4v) is 4.32. The normalized spacial score (nSPS) is 11.0. The molecule has 0 aliphatic carbocycles. The smallest absolute Gasteiger partial charge is 0.277 e. The van der Waals surface area contributed by atoms with Gasteiger partial charge >= 0.3 is 0 Å². The zero-order chi connectivity index (χ0) is 20.2. The minimum atomic E-state index is 0.245. The molecule has 0 N–H and O–H groups in total. The van der Waals surface area contributed by atoms with Gasteiger partial charge < -0.3 is 9.15 Å². The predicted octanol–water partition coefficient (Wildman–Crippen LogP) is 6.33. The molecule has 148 valence electrons. The molecule has 0 unspecified atom stereocenters. The SMILES string of the molecule is Cc1ccc(C)c(OCc2nnc(SCc3csc(-c4ccc(Cl)cc4)n3)o2)c1. The van der Waals surface area contributed by atoms with Crippen molar-refractivity contribution in [3.8, 4) is 16.3 Å². The van der Waals surface area contributed by atoms with Crippen molar-refractivity contribution >= 4 is 34.7 Å². The topological polar surface area (TPSA) is 61.0 Å².